The standard InChI is InChI=1S/C15H16N2O4.ClH/c1-9-4-5-12-11(16-9)7-13(21-12)14(18)17-6-2-3-10(8-17)15(19)20;/h4-5,7,10H,2-3,6,8H2,1H3,(H,19,20);1H. The molecule has 1 fully saturated rings. The first-order valence-electron chi connectivity index (χ1n) is 6.94. The third-order valence-corrected chi connectivity index (χ3v) is 3.78. The van der Waals surface area contributed by atoms with Crippen molar-refractivity contribution in [3.8, 4) is 0 Å². The van der Waals surface area contributed by atoms with Gasteiger partial charge in [0.2, 0.25) is 0 Å². The molecule has 2 aromatic heterocycles. The second-order valence-electron chi connectivity index (χ2n) is 5.38. The fraction of sp³-hybridized carbons (Fsp3) is 0.400. The number of pyridine rings is 1. The van der Waals surface area contributed by atoms with Gasteiger partial charge in [0.1, 0.15) is 5.52 Å². The molecule has 1 aliphatic rings. The van der Waals surface area contributed by atoms with E-state index in [-0.39, 0.29) is 30.6 Å². The van der Waals surface area contributed by atoms with Crippen LogP contribution in [0, 0.1) is 12.8 Å². The molecular weight excluding hydrogens is 308 g/mol. The van der Waals surface area contributed by atoms with Gasteiger partial charge in [0.15, 0.2) is 11.3 Å². The number of carboxylic acid groups (broad SMARTS) is 1. The van der Waals surface area contributed by atoms with Crippen molar-refractivity contribution in [3.63, 3.8) is 0 Å². The number of aliphatic carboxylic acids is 1. The Labute approximate surface area is 133 Å². The van der Waals surface area contributed by atoms with E-state index < -0.39 is 11.9 Å². The molecule has 0 saturated carbocycles. The van der Waals surface area contributed by atoms with Crippen molar-refractivity contribution < 1.29 is 19.1 Å². The zero-order chi connectivity index (χ0) is 15.0. The first kappa shape index (κ1) is 16.3. The van der Waals surface area contributed by atoms with Gasteiger partial charge < -0.3 is 14.4 Å². The summed E-state index contributed by atoms with van der Waals surface area (Å²) in [4.78, 5) is 29.4. The molecule has 1 unspecified atom stereocenters. The van der Waals surface area contributed by atoms with E-state index in [9.17, 15) is 9.59 Å². The summed E-state index contributed by atoms with van der Waals surface area (Å²) in [5.41, 5.74) is 2.06. The lowest BCUT2D eigenvalue weighted by molar-refractivity contribution is -0.143. The molecule has 0 aromatic carbocycles. The predicted octanol–water partition coefficient (Wildman–Crippen LogP) is 2.49. The molecule has 1 amide bonds. The van der Waals surface area contributed by atoms with E-state index in [1.54, 1.807) is 17.0 Å². The average Bonchev–Trinajstić information content (AvgIpc) is 2.89. The Morgan fingerprint density at radius 2 is 2.18 bits per heavy atom. The van der Waals surface area contributed by atoms with E-state index in [1.165, 1.54) is 0 Å². The normalized spacial score (nSPS) is 18.0. The summed E-state index contributed by atoms with van der Waals surface area (Å²) >= 11 is 0. The monoisotopic (exact) mass is 324 g/mol. The van der Waals surface area contributed by atoms with Crippen molar-refractivity contribution in [2.24, 2.45) is 5.92 Å². The van der Waals surface area contributed by atoms with Crippen LogP contribution in [0.4, 0.5) is 0 Å². The van der Waals surface area contributed by atoms with Gasteiger partial charge in [-0.1, -0.05) is 0 Å². The van der Waals surface area contributed by atoms with Crippen LogP contribution in [-0.2, 0) is 4.79 Å². The molecule has 0 aliphatic carbocycles. The van der Waals surface area contributed by atoms with E-state index in [1.807, 2.05) is 13.0 Å². The van der Waals surface area contributed by atoms with Crippen molar-refractivity contribution in [1.82, 2.24) is 9.88 Å². The highest BCUT2D eigenvalue weighted by atomic mass is 35.5. The van der Waals surface area contributed by atoms with E-state index >= 15 is 0 Å². The molecule has 2 aromatic rings. The highest BCUT2D eigenvalue weighted by molar-refractivity contribution is 5.95. The van der Waals surface area contributed by atoms with E-state index in [4.69, 9.17) is 9.52 Å². The summed E-state index contributed by atoms with van der Waals surface area (Å²) in [6, 6.07) is 5.22. The molecule has 118 valence electrons. The third kappa shape index (κ3) is 3.06. The summed E-state index contributed by atoms with van der Waals surface area (Å²) in [6.07, 6.45) is 1.31. The molecule has 1 atom stereocenters. The summed E-state index contributed by atoms with van der Waals surface area (Å²) < 4.78 is 5.53. The number of hydrogen-bond acceptors (Lipinski definition) is 4. The first-order valence-corrected chi connectivity index (χ1v) is 6.94. The first-order chi connectivity index (χ1) is 10.0. The van der Waals surface area contributed by atoms with Crippen molar-refractivity contribution in [2.45, 2.75) is 19.8 Å². The highest BCUT2D eigenvalue weighted by Crippen LogP contribution is 2.22. The molecule has 7 heteroatoms. The van der Waals surface area contributed by atoms with Gasteiger partial charge in [0, 0.05) is 24.8 Å². The largest absolute Gasteiger partial charge is 0.481 e. The second-order valence-corrected chi connectivity index (χ2v) is 5.38. The van der Waals surface area contributed by atoms with Gasteiger partial charge in [0.25, 0.3) is 5.91 Å². The lowest BCUT2D eigenvalue weighted by Crippen LogP contribution is -2.42. The van der Waals surface area contributed by atoms with Crippen LogP contribution in [0.25, 0.3) is 11.1 Å². The molecule has 1 saturated heterocycles. The number of carbonyl (C=O) groups is 2. The lowest BCUT2D eigenvalue weighted by Gasteiger charge is -2.29. The number of nitrogens with zero attached hydrogens (tertiary/aromatic N) is 2. The average molecular weight is 325 g/mol. The van der Waals surface area contributed by atoms with Crippen LogP contribution in [0.2, 0.25) is 0 Å². The van der Waals surface area contributed by atoms with Crippen molar-refractivity contribution in [3.05, 3.63) is 29.7 Å². The molecule has 0 bridgehead atoms. The molecule has 3 rings (SSSR count). The van der Waals surface area contributed by atoms with Crippen LogP contribution in [0.1, 0.15) is 29.1 Å². The number of halogens is 1. The van der Waals surface area contributed by atoms with Crippen LogP contribution in [0.15, 0.2) is 22.6 Å². The minimum absolute atomic E-state index is 0. The Hall–Kier alpha value is -2.08. The molecule has 1 N–H and O–H groups in total. The number of aromatic nitrogens is 1. The molecular formula is C15H17ClN2O4. The number of likely N-dealkylation sites (tertiary alicyclic amines) is 1. The summed E-state index contributed by atoms with van der Waals surface area (Å²) in [7, 11) is 0. The molecule has 1 aliphatic heterocycles. The van der Waals surface area contributed by atoms with E-state index in [2.05, 4.69) is 4.98 Å². The van der Waals surface area contributed by atoms with Crippen LogP contribution in [0.3, 0.4) is 0 Å². The Bertz CT molecular complexity index is 713. The van der Waals surface area contributed by atoms with Crippen molar-refractivity contribution in [2.75, 3.05) is 13.1 Å². The maximum Gasteiger partial charge on any atom is 0.308 e. The maximum absolute atomic E-state index is 12.4. The van der Waals surface area contributed by atoms with Crippen LogP contribution in [-0.4, -0.2) is 40.0 Å². The summed E-state index contributed by atoms with van der Waals surface area (Å²) in [5.74, 6) is -1.40. The van der Waals surface area contributed by atoms with Gasteiger partial charge >= 0.3 is 5.97 Å². The molecule has 3 heterocycles. The molecule has 0 radical (unpaired) electrons. The van der Waals surface area contributed by atoms with E-state index in [0.29, 0.717) is 30.5 Å². The topological polar surface area (TPSA) is 83.6 Å². The second kappa shape index (κ2) is 6.36. The smallest absolute Gasteiger partial charge is 0.308 e. The van der Waals surface area contributed by atoms with Gasteiger partial charge in [-0.15, -0.1) is 12.4 Å². The molecule has 6 nitrogen and oxygen atoms in total. The zero-order valence-electron chi connectivity index (χ0n) is 12.1. The van der Waals surface area contributed by atoms with Gasteiger partial charge in [0.05, 0.1) is 5.92 Å². The Morgan fingerprint density at radius 3 is 2.91 bits per heavy atom. The number of furan rings is 1. The minimum atomic E-state index is -0.852. The SMILES string of the molecule is Cc1ccc2oc(C(=O)N3CCCC(C(=O)O)C3)cc2n1.Cl. The summed E-state index contributed by atoms with van der Waals surface area (Å²) in [5, 5.41) is 9.08. The van der Waals surface area contributed by atoms with Crippen LogP contribution in [0.5, 0.6) is 0 Å². The molecule has 0 spiro atoms. The van der Waals surface area contributed by atoms with Crippen molar-refractivity contribution in [1.29, 1.82) is 0 Å². The highest BCUT2D eigenvalue weighted by Gasteiger charge is 2.30. The van der Waals surface area contributed by atoms with Crippen LogP contribution >= 0.6 is 12.4 Å². The fourth-order valence-electron chi connectivity index (χ4n) is 2.65. The maximum atomic E-state index is 12.4. The number of amides is 1. The van der Waals surface area contributed by atoms with Gasteiger partial charge in [-0.2, -0.15) is 0 Å². The summed E-state index contributed by atoms with van der Waals surface area (Å²) in [6.45, 7) is 2.67. The number of fused-ring (bicyclic) bond motifs is 1. The Balaban J connectivity index is 0.00000176. The Kier molecular flexibility index (Phi) is 4.71. The van der Waals surface area contributed by atoms with E-state index in [0.717, 1.165) is 5.69 Å². The van der Waals surface area contributed by atoms with Crippen LogP contribution < -0.4 is 0 Å². The number of aryl methyl sites for hydroxylation is 1. The molecule has 22 heavy (non-hydrogen) atoms. The number of piperidine rings is 1. The fourth-order valence-corrected chi connectivity index (χ4v) is 2.65. The third-order valence-electron chi connectivity index (χ3n) is 3.78. The quantitative estimate of drug-likeness (QED) is 0.917. The van der Waals surface area contributed by atoms with Gasteiger partial charge in [-0.05, 0) is 31.9 Å². The van der Waals surface area contributed by atoms with Crippen molar-refractivity contribution >= 4 is 35.4 Å². The lowest BCUT2D eigenvalue weighted by atomic mass is 9.98. The predicted molar refractivity (Wildman–Crippen MR) is 82.3 cm³/mol. The van der Waals surface area contributed by atoms with Gasteiger partial charge in [-0.25, -0.2) is 4.98 Å². The minimum Gasteiger partial charge on any atom is -0.481 e. The zero-order valence-corrected chi connectivity index (χ0v) is 12.9. The number of carbonyl (C=O) groups excluding carboxylic acids is 1. The number of hydrogen-bond donors (Lipinski definition) is 1. The number of rotatable bonds is 2. The Morgan fingerprint density at radius 1 is 1.41 bits per heavy atom. The van der Waals surface area contributed by atoms with Gasteiger partial charge in [-0.3, -0.25) is 9.59 Å². The number of carboxylic acids is 1.